The van der Waals surface area contributed by atoms with E-state index in [1.165, 1.54) is 24.4 Å². The molecule has 6 nitrogen and oxygen atoms in total. The quantitative estimate of drug-likeness (QED) is 0.389. The predicted molar refractivity (Wildman–Crippen MR) is 153 cm³/mol. The van der Waals surface area contributed by atoms with Gasteiger partial charge in [0.15, 0.2) is 0 Å². The molecular formula is C29H32FN5OS2. The summed E-state index contributed by atoms with van der Waals surface area (Å²) < 4.78 is 13.3. The zero-order valence-electron chi connectivity index (χ0n) is 21.5. The van der Waals surface area contributed by atoms with Crippen molar-refractivity contribution in [3.8, 4) is 27.1 Å². The van der Waals surface area contributed by atoms with Crippen LogP contribution >= 0.6 is 23.1 Å². The van der Waals surface area contributed by atoms with Gasteiger partial charge in [-0.3, -0.25) is 9.78 Å². The number of amides is 1. The summed E-state index contributed by atoms with van der Waals surface area (Å²) in [5, 5.41) is 13.3. The first kappa shape index (κ1) is 26.6. The Bertz CT molecular complexity index is 1290. The average Bonchev–Trinajstić information content (AvgIpc) is 3.52. The summed E-state index contributed by atoms with van der Waals surface area (Å²) in [4.78, 5) is 23.5. The second-order valence-electron chi connectivity index (χ2n) is 10.2. The maximum Gasteiger partial charge on any atom is 0.224 e. The maximum absolute atomic E-state index is 13.3. The van der Waals surface area contributed by atoms with E-state index in [-0.39, 0.29) is 17.6 Å². The third-order valence-electron chi connectivity index (χ3n) is 7.46. The highest BCUT2D eigenvalue weighted by molar-refractivity contribution is 7.99. The molecule has 3 fully saturated rings. The molecule has 0 radical (unpaired) electrons. The van der Waals surface area contributed by atoms with Crippen molar-refractivity contribution in [1.29, 1.82) is 5.26 Å². The minimum absolute atomic E-state index is 0.115. The summed E-state index contributed by atoms with van der Waals surface area (Å²) >= 11 is 3.48. The standard InChI is InChI=1S/C18H16FN3S2.C11H16N2O/c1-23-16-10-22(11-16)15-4-2-12(3-5-15)17-9-21-18(24-17)13-6-14(19)8-20-7-13;12-8-11(6-7-11)13-10(14)9-4-2-1-3-5-9/h2-9,16H,10-11H2,1H3;9H,1-7H2,(H,13,14). The number of thiazole rings is 1. The molecule has 0 atom stereocenters. The molecule has 1 aliphatic heterocycles. The van der Waals surface area contributed by atoms with Crippen LogP contribution in [0.5, 0.6) is 0 Å². The zero-order valence-corrected chi connectivity index (χ0v) is 23.2. The van der Waals surface area contributed by atoms with Gasteiger partial charge >= 0.3 is 0 Å². The number of carbonyl (C=O) groups excluding carboxylic acids is 1. The smallest absolute Gasteiger partial charge is 0.224 e. The van der Waals surface area contributed by atoms with Crippen LogP contribution in [0.2, 0.25) is 0 Å². The summed E-state index contributed by atoms with van der Waals surface area (Å²) in [5.41, 5.74) is 2.64. The van der Waals surface area contributed by atoms with Crippen LogP contribution in [0.3, 0.4) is 0 Å². The molecule has 2 aromatic heterocycles. The SMILES string of the molecule is CSC1CN(c2ccc(-c3cnc(-c4cncc(F)c4)s3)cc2)C1.N#CC1(NC(=O)C2CCCCC2)CC1. The van der Waals surface area contributed by atoms with E-state index >= 15 is 0 Å². The molecule has 198 valence electrons. The number of benzene rings is 1. The van der Waals surface area contributed by atoms with E-state index < -0.39 is 5.54 Å². The minimum atomic E-state index is -0.478. The van der Waals surface area contributed by atoms with Crippen LogP contribution < -0.4 is 10.2 Å². The van der Waals surface area contributed by atoms with E-state index in [1.54, 1.807) is 17.5 Å². The van der Waals surface area contributed by atoms with Crippen LogP contribution in [0.25, 0.3) is 21.0 Å². The lowest BCUT2D eigenvalue weighted by atomic mass is 9.88. The summed E-state index contributed by atoms with van der Waals surface area (Å²) in [6.07, 6.45) is 14.1. The number of thioether (sulfide) groups is 1. The van der Waals surface area contributed by atoms with Crippen LogP contribution in [-0.4, -0.2) is 46.0 Å². The van der Waals surface area contributed by atoms with E-state index in [2.05, 4.69) is 56.8 Å². The van der Waals surface area contributed by atoms with Crippen molar-refractivity contribution in [2.75, 3.05) is 24.2 Å². The number of aromatic nitrogens is 2. The van der Waals surface area contributed by atoms with Crippen molar-refractivity contribution in [2.24, 2.45) is 5.92 Å². The Labute approximate surface area is 231 Å². The summed E-state index contributed by atoms with van der Waals surface area (Å²) in [5.74, 6) is -0.0509. The molecule has 1 aromatic carbocycles. The number of anilines is 1. The van der Waals surface area contributed by atoms with Gasteiger partial charge in [0.2, 0.25) is 5.91 Å². The molecule has 0 spiro atoms. The van der Waals surface area contributed by atoms with Crippen molar-refractivity contribution in [2.45, 2.75) is 55.7 Å². The maximum atomic E-state index is 13.3. The number of nitrogens with zero attached hydrogens (tertiary/aromatic N) is 4. The minimum Gasteiger partial charge on any atom is -0.369 e. The largest absolute Gasteiger partial charge is 0.369 e. The molecule has 2 aliphatic carbocycles. The molecule has 0 unspecified atom stereocenters. The van der Waals surface area contributed by atoms with Gasteiger partial charge in [0.05, 0.1) is 17.1 Å². The Kier molecular flexibility index (Phi) is 8.29. The van der Waals surface area contributed by atoms with Crippen LogP contribution in [0.4, 0.5) is 10.1 Å². The summed E-state index contributed by atoms with van der Waals surface area (Å²) in [6, 6.07) is 12.2. The normalized spacial score (nSPS) is 18.5. The average molecular weight is 550 g/mol. The van der Waals surface area contributed by atoms with E-state index in [9.17, 15) is 9.18 Å². The van der Waals surface area contributed by atoms with E-state index in [0.29, 0.717) is 5.56 Å². The van der Waals surface area contributed by atoms with Gasteiger partial charge in [-0.25, -0.2) is 9.37 Å². The van der Waals surface area contributed by atoms with Gasteiger partial charge in [-0.2, -0.15) is 17.0 Å². The summed E-state index contributed by atoms with van der Waals surface area (Å²) in [7, 11) is 0. The fraction of sp³-hybridized carbons (Fsp3) is 0.448. The Morgan fingerprint density at radius 3 is 2.50 bits per heavy atom. The number of hydrogen-bond donors (Lipinski definition) is 1. The highest BCUT2D eigenvalue weighted by atomic mass is 32.2. The van der Waals surface area contributed by atoms with Crippen molar-refractivity contribution < 1.29 is 9.18 Å². The van der Waals surface area contributed by atoms with Gasteiger partial charge in [0.25, 0.3) is 0 Å². The first-order chi connectivity index (χ1) is 18.5. The molecular weight excluding hydrogens is 517 g/mol. The molecule has 38 heavy (non-hydrogen) atoms. The highest BCUT2D eigenvalue weighted by Crippen LogP contribution is 2.36. The van der Waals surface area contributed by atoms with Gasteiger partial charge in [0.1, 0.15) is 16.4 Å². The molecule has 1 amide bonds. The van der Waals surface area contributed by atoms with Gasteiger partial charge in [-0.05, 0) is 55.7 Å². The van der Waals surface area contributed by atoms with Crippen molar-refractivity contribution in [3.63, 3.8) is 0 Å². The first-order valence-corrected chi connectivity index (χ1v) is 15.3. The van der Waals surface area contributed by atoms with E-state index in [4.69, 9.17) is 5.26 Å². The molecule has 1 saturated heterocycles. The van der Waals surface area contributed by atoms with Gasteiger partial charge in [-0.15, -0.1) is 11.3 Å². The van der Waals surface area contributed by atoms with Crippen molar-refractivity contribution in [1.82, 2.24) is 15.3 Å². The summed E-state index contributed by atoms with van der Waals surface area (Å²) in [6.45, 7) is 2.25. The molecule has 9 heteroatoms. The zero-order chi connectivity index (χ0) is 26.5. The van der Waals surface area contributed by atoms with Crippen LogP contribution in [0.15, 0.2) is 48.9 Å². The number of pyridine rings is 1. The molecule has 1 N–H and O–H groups in total. The third kappa shape index (κ3) is 6.36. The Morgan fingerprint density at radius 1 is 1.13 bits per heavy atom. The van der Waals surface area contributed by atoms with Gasteiger partial charge in [0, 0.05) is 47.9 Å². The lowest BCUT2D eigenvalue weighted by Gasteiger charge is -2.40. The number of halogens is 1. The lowest BCUT2D eigenvalue weighted by Crippen LogP contribution is -2.48. The molecule has 3 aromatic rings. The van der Waals surface area contributed by atoms with E-state index in [0.717, 1.165) is 72.3 Å². The van der Waals surface area contributed by atoms with Gasteiger partial charge < -0.3 is 10.2 Å². The molecule has 3 aliphatic rings. The number of nitrogens with one attached hydrogen (secondary N) is 1. The third-order valence-corrected chi connectivity index (χ3v) is 9.52. The van der Waals surface area contributed by atoms with Crippen LogP contribution in [0, 0.1) is 23.1 Å². The number of nitriles is 1. The lowest BCUT2D eigenvalue weighted by molar-refractivity contribution is -0.126. The fourth-order valence-corrected chi connectivity index (χ4v) is 6.36. The molecule has 0 bridgehead atoms. The Hall–Kier alpha value is -2.96. The second-order valence-corrected chi connectivity index (χ2v) is 12.4. The predicted octanol–water partition coefficient (Wildman–Crippen LogP) is 6.30. The topological polar surface area (TPSA) is 81.9 Å². The van der Waals surface area contributed by atoms with Crippen LogP contribution in [0.1, 0.15) is 44.9 Å². The molecule has 2 saturated carbocycles. The first-order valence-electron chi connectivity index (χ1n) is 13.2. The van der Waals surface area contributed by atoms with Crippen molar-refractivity contribution in [3.05, 3.63) is 54.7 Å². The molecule has 3 heterocycles. The highest BCUT2D eigenvalue weighted by Gasteiger charge is 2.45. The monoisotopic (exact) mass is 549 g/mol. The number of rotatable bonds is 6. The van der Waals surface area contributed by atoms with Crippen molar-refractivity contribution >= 4 is 34.7 Å². The van der Waals surface area contributed by atoms with Gasteiger partial charge in [-0.1, -0.05) is 31.4 Å². The Balaban J connectivity index is 0.000000179. The Morgan fingerprint density at radius 2 is 1.87 bits per heavy atom. The van der Waals surface area contributed by atoms with E-state index in [1.807, 2.05) is 18.0 Å². The fourth-order valence-electron chi connectivity index (χ4n) is 4.80. The van der Waals surface area contributed by atoms with Crippen LogP contribution in [-0.2, 0) is 4.79 Å². The molecule has 6 rings (SSSR count). The number of carbonyl (C=O) groups is 1. The number of hydrogen-bond acceptors (Lipinski definition) is 7. The second kappa shape index (κ2) is 11.8.